The summed E-state index contributed by atoms with van der Waals surface area (Å²) < 4.78 is 5.62. The Morgan fingerprint density at radius 3 is 2.84 bits per heavy atom. The predicted octanol–water partition coefficient (Wildman–Crippen LogP) is 4.00. The standard InChI is InChI=1S/C15H26N2OS/c1-3-10-18-15-12-13(7-8-14(15)16)17-9-5-4-6-11-19-2/h7-8,12,17H,3-6,9-11,16H2,1-2H3. The van der Waals surface area contributed by atoms with Gasteiger partial charge in [-0.1, -0.05) is 13.3 Å². The maximum absolute atomic E-state index is 5.88. The molecule has 0 aromatic heterocycles. The molecule has 0 aliphatic carbocycles. The summed E-state index contributed by atoms with van der Waals surface area (Å²) in [7, 11) is 0. The van der Waals surface area contributed by atoms with E-state index in [1.54, 1.807) is 0 Å². The van der Waals surface area contributed by atoms with Crippen LogP contribution in [-0.2, 0) is 0 Å². The summed E-state index contributed by atoms with van der Waals surface area (Å²) in [4.78, 5) is 0. The van der Waals surface area contributed by atoms with Gasteiger partial charge >= 0.3 is 0 Å². The summed E-state index contributed by atoms with van der Waals surface area (Å²) in [6.07, 6.45) is 6.94. The highest BCUT2D eigenvalue weighted by atomic mass is 32.2. The lowest BCUT2D eigenvalue weighted by Gasteiger charge is -2.11. The van der Waals surface area contributed by atoms with Gasteiger partial charge in [-0.25, -0.2) is 0 Å². The third kappa shape index (κ3) is 6.62. The molecule has 0 atom stereocenters. The molecule has 4 heteroatoms. The van der Waals surface area contributed by atoms with Gasteiger partial charge in [0.2, 0.25) is 0 Å². The van der Waals surface area contributed by atoms with Gasteiger partial charge < -0.3 is 15.8 Å². The Morgan fingerprint density at radius 1 is 1.26 bits per heavy atom. The molecule has 0 radical (unpaired) electrons. The van der Waals surface area contributed by atoms with Crippen molar-refractivity contribution in [3.05, 3.63) is 18.2 Å². The Hall–Kier alpha value is -1.03. The average molecular weight is 282 g/mol. The van der Waals surface area contributed by atoms with Crippen LogP contribution >= 0.6 is 11.8 Å². The van der Waals surface area contributed by atoms with Crippen LogP contribution in [0.3, 0.4) is 0 Å². The summed E-state index contributed by atoms with van der Waals surface area (Å²) in [5.41, 5.74) is 7.68. The molecule has 0 heterocycles. The van der Waals surface area contributed by atoms with Crippen molar-refractivity contribution in [3.63, 3.8) is 0 Å². The zero-order valence-electron chi connectivity index (χ0n) is 12.1. The fraction of sp³-hybridized carbons (Fsp3) is 0.600. The molecule has 1 rings (SSSR count). The number of anilines is 2. The minimum atomic E-state index is 0.707. The Balaban J connectivity index is 2.33. The van der Waals surface area contributed by atoms with E-state index in [0.717, 1.165) is 24.4 Å². The van der Waals surface area contributed by atoms with E-state index >= 15 is 0 Å². The molecule has 0 spiro atoms. The first-order valence-electron chi connectivity index (χ1n) is 7.03. The molecule has 1 aromatic rings. The fourth-order valence-electron chi connectivity index (χ4n) is 1.76. The molecule has 108 valence electrons. The van der Waals surface area contributed by atoms with Crippen LogP contribution in [0.2, 0.25) is 0 Å². The molecular weight excluding hydrogens is 256 g/mol. The maximum atomic E-state index is 5.88. The van der Waals surface area contributed by atoms with Crippen molar-refractivity contribution in [2.24, 2.45) is 0 Å². The molecule has 0 aliphatic rings. The molecule has 0 unspecified atom stereocenters. The van der Waals surface area contributed by atoms with Crippen LogP contribution in [0.15, 0.2) is 18.2 Å². The summed E-state index contributed by atoms with van der Waals surface area (Å²) in [6, 6.07) is 5.91. The fourth-order valence-corrected chi connectivity index (χ4v) is 2.26. The highest BCUT2D eigenvalue weighted by Crippen LogP contribution is 2.25. The molecule has 0 amide bonds. The van der Waals surface area contributed by atoms with E-state index in [1.807, 2.05) is 30.0 Å². The molecule has 3 N–H and O–H groups in total. The normalized spacial score (nSPS) is 10.4. The first kappa shape index (κ1) is 16.0. The number of nitrogens with two attached hydrogens (primary N) is 1. The highest BCUT2D eigenvalue weighted by Gasteiger charge is 2.01. The summed E-state index contributed by atoms with van der Waals surface area (Å²) in [5.74, 6) is 2.05. The van der Waals surface area contributed by atoms with Crippen molar-refractivity contribution in [2.75, 3.05) is 36.2 Å². The highest BCUT2D eigenvalue weighted by molar-refractivity contribution is 7.98. The van der Waals surface area contributed by atoms with Crippen LogP contribution in [0, 0.1) is 0 Å². The second-order valence-electron chi connectivity index (χ2n) is 4.58. The van der Waals surface area contributed by atoms with E-state index < -0.39 is 0 Å². The maximum Gasteiger partial charge on any atom is 0.144 e. The number of benzene rings is 1. The topological polar surface area (TPSA) is 47.3 Å². The largest absolute Gasteiger partial charge is 0.491 e. The van der Waals surface area contributed by atoms with E-state index in [-0.39, 0.29) is 0 Å². The van der Waals surface area contributed by atoms with Crippen LogP contribution in [-0.4, -0.2) is 25.2 Å². The molecule has 19 heavy (non-hydrogen) atoms. The van der Waals surface area contributed by atoms with Crippen molar-refractivity contribution in [2.45, 2.75) is 32.6 Å². The van der Waals surface area contributed by atoms with E-state index in [2.05, 4.69) is 18.5 Å². The van der Waals surface area contributed by atoms with E-state index in [1.165, 1.54) is 25.0 Å². The van der Waals surface area contributed by atoms with Crippen LogP contribution in [0.1, 0.15) is 32.6 Å². The number of hydrogen-bond acceptors (Lipinski definition) is 4. The van der Waals surface area contributed by atoms with Gasteiger partial charge in [-0.2, -0.15) is 11.8 Å². The van der Waals surface area contributed by atoms with Gasteiger partial charge in [-0.15, -0.1) is 0 Å². The Morgan fingerprint density at radius 2 is 2.11 bits per heavy atom. The van der Waals surface area contributed by atoms with Gasteiger partial charge in [0.15, 0.2) is 0 Å². The Kier molecular flexibility index (Phi) is 8.30. The Bertz CT molecular complexity index is 358. The molecule has 0 fully saturated rings. The zero-order valence-corrected chi connectivity index (χ0v) is 12.9. The van der Waals surface area contributed by atoms with Crippen molar-refractivity contribution < 1.29 is 4.74 Å². The minimum absolute atomic E-state index is 0.707. The zero-order chi connectivity index (χ0) is 13.9. The predicted molar refractivity (Wildman–Crippen MR) is 87.4 cm³/mol. The van der Waals surface area contributed by atoms with Crippen LogP contribution < -0.4 is 15.8 Å². The summed E-state index contributed by atoms with van der Waals surface area (Å²) in [6.45, 7) is 3.81. The number of hydrogen-bond donors (Lipinski definition) is 2. The summed E-state index contributed by atoms with van der Waals surface area (Å²) in [5, 5.41) is 3.42. The van der Waals surface area contributed by atoms with E-state index in [9.17, 15) is 0 Å². The van der Waals surface area contributed by atoms with Gasteiger partial charge in [0.05, 0.1) is 12.3 Å². The van der Waals surface area contributed by atoms with Gasteiger partial charge in [-0.3, -0.25) is 0 Å². The molecule has 0 aliphatic heterocycles. The van der Waals surface area contributed by atoms with Crippen LogP contribution in [0.5, 0.6) is 5.75 Å². The number of ether oxygens (including phenoxy) is 1. The Labute approximate surface area is 121 Å². The quantitative estimate of drug-likeness (QED) is 0.503. The second-order valence-corrected chi connectivity index (χ2v) is 5.57. The van der Waals surface area contributed by atoms with Crippen molar-refractivity contribution in [3.8, 4) is 5.75 Å². The van der Waals surface area contributed by atoms with Crippen LogP contribution in [0.4, 0.5) is 11.4 Å². The molecule has 1 aromatic carbocycles. The van der Waals surface area contributed by atoms with Gasteiger partial charge in [0.1, 0.15) is 5.75 Å². The molecule has 0 bridgehead atoms. The van der Waals surface area contributed by atoms with Crippen molar-refractivity contribution in [1.29, 1.82) is 0 Å². The first-order valence-corrected chi connectivity index (χ1v) is 8.42. The molecule has 0 saturated heterocycles. The first-order chi connectivity index (χ1) is 9.27. The molecular formula is C15H26N2OS. The van der Waals surface area contributed by atoms with Gasteiger partial charge in [-0.05, 0) is 43.4 Å². The third-order valence-electron chi connectivity index (χ3n) is 2.83. The lowest BCUT2D eigenvalue weighted by Crippen LogP contribution is -2.04. The van der Waals surface area contributed by atoms with Crippen molar-refractivity contribution >= 4 is 23.1 Å². The number of nitrogen functional groups attached to an aromatic ring is 1. The number of nitrogens with one attached hydrogen (secondary N) is 1. The van der Waals surface area contributed by atoms with E-state index in [0.29, 0.717) is 12.3 Å². The van der Waals surface area contributed by atoms with Crippen LogP contribution in [0.25, 0.3) is 0 Å². The SMILES string of the molecule is CCCOc1cc(NCCCCCSC)ccc1N. The number of unbranched alkanes of at least 4 members (excludes halogenated alkanes) is 2. The molecule has 0 saturated carbocycles. The smallest absolute Gasteiger partial charge is 0.144 e. The molecule has 3 nitrogen and oxygen atoms in total. The lowest BCUT2D eigenvalue weighted by molar-refractivity contribution is 0.319. The monoisotopic (exact) mass is 282 g/mol. The van der Waals surface area contributed by atoms with Crippen molar-refractivity contribution in [1.82, 2.24) is 0 Å². The van der Waals surface area contributed by atoms with E-state index in [4.69, 9.17) is 10.5 Å². The lowest BCUT2D eigenvalue weighted by atomic mass is 10.2. The average Bonchev–Trinajstić information content (AvgIpc) is 2.43. The second kappa shape index (κ2) is 9.84. The van der Waals surface area contributed by atoms with Gasteiger partial charge in [0, 0.05) is 18.3 Å². The minimum Gasteiger partial charge on any atom is -0.491 e. The third-order valence-corrected chi connectivity index (χ3v) is 3.53. The number of thioether (sulfide) groups is 1. The van der Waals surface area contributed by atoms with Gasteiger partial charge in [0.25, 0.3) is 0 Å². The number of rotatable bonds is 10. The summed E-state index contributed by atoms with van der Waals surface area (Å²) >= 11 is 1.92.